The molecule has 5 aromatic rings. The number of fused-ring (bicyclic) bond motifs is 2. The zero-order valence-corrected chi connectivity index (χ0v) is 21.5. The van der Waals surface area contributed by atoms with Gasteiger partial charge in [0.25, 0.3) is 5.91 Å². The van der Waals surface area contributed by atoms with E-state index >= 15 is 0 Å². The summed E-state index contributed by atoms with van der Waals surface area (Å²) in [6.45, 7) is 2.04. The third kappa shape index (κ3) is 5.66. The molecule has 2 N–H and O–H groups in total. The van der Waals surface area contributed by atoms with E-state index in [1.165, 1.54) is 11.3 Å². The number of para-hydroxylation sites is 1. The SMILES string of the molecule is CC(OCc1ccccc1)C(NC(=O)c1ccc2ccccc2c1OCc1nc2ccccc2s1)C(=O)O. The number of carboxylic acids is 1. The summed E-state index contributed by atoms with van der Waals surface area (Å²) < 4.78 is 13.0. The molecule has 4 aromatic carbocycles. The lowest BCUT2D eigenvalue weighted by Gasteiger charge is -2.23. The van der Waals surface area contributed by atoms with Gasteiger partial charge in [0.1, 0.15) is 17.4 Å². The van der Waals surface area contributed by atoms with Crippen molar-refractivity contribution in [1.29, 1.82) is 0 Å². The highest BCUT2D eigenvalue weighted by molar-refractivity contribution is 7.18. The van der Waals surface area contributed by atoms with Crippen LogP contribution in [-0.4, -0.2) is 34.1 Å². The Bertz CT molecular complexity index is 1550. The minimum Gasteiger partial charge on any atom is -0.485 e. The molecule has 0 aliphatic carbocycles. The summed E-state index contributed by atoms with van der Waals surface area (Å²) >= 11 is 1.53. The maximum Gasteiger partial charge on any atom is 0.328 e. The number of amides is 1. The van der Waals surface area contributed by atoms with Crippen LogP contribution in [0.25, 0.3) is 21.0 Å². The number of ether oxygens (including phenoxy) is 2. The summed E-state index contributed by atoms with van der Waals surface area (Å²) in [5, 5.41) is 14.9. The van der Waals surface area contributed by atoms with Gasteiger partial charge in [-0.05, 0) is 36.1 Å². The largest absolute Gasteiger partial charge is 0.485 e. The molecule has 5 rings (SSSR count). The van der Waals surface area contributed by atoms with E-state index in [0.29, 0.717) is 5.75 Å². The number of aromatic nitrogens is 1. The van der Waals surface area contributed by atoms with Crippen LogP contribution >= 0.6 is 11.3 Å². The molecule has 0 fully saturated rings. The Kier molecular flexibility index (Phi) is 7.62. The fraction of sp³-hybridized carbons (Fsp3) is 0.167. The molecular weight excluding hydrogens is 500 g/mol. The Morgan fingerprint density at radius 3 is 2.45 bits per heavy atom. The molecule has 38 heavy (non-hydrogen) atoms. The van der Waals surface area contributed by atoms with Gasteiger partial charge in [0.15, 0.2) is 6.04 Å². The van der Waals surface area contributed by atoms with Gasteiger partial charge in [-0.3, -0.25) is 4.79 Å². The van der Waals surface area contributed by atoms with E-state index in [9.17, 15) is 14.7 Å². The zero-order valence-electron chi connectivity index (χ0n) is 20.7. The molecule has 1 amide bonds. The molecule has 0 radical (unpaired) electrons. The molecule has 0 aliphatic rings. The van der Waals surface area contributed by atoms with Crippen molar-refractivity contribution < 1.29 is 24.2 Å². The molecule has 0 bridgehead atoms. The smallest absolute Gasteiger partial charge is 0.328 e. The third-order valence-corrected chi connectivity index (χ3v) is 7.19. The molecule has 0 saturated carbocycles. The first-order valence-corrected chi connectivity index (χ1v) is 13.0. The van der Waals surface area contributed by atoms with Crippen LogP contribution in [0.2, 0.25) is 0 Å². The second kappa shape index (κ2) is 11.4. The fourth-order valence-electron chi connectivity index (χ4n) is 4.19. The van der Waals surface area contributed by atoms with Gasteiger partial charge >= 0.3 is 5.97 Å². The third-order valence-electron chi connectivity index (χ3n) is 6.18. The maximum absolute atomic E-state index is 13.4. The van der Waals surface area contributed by atoms with Gasteiger partial charge in [0, 0.05) is 5.39 Å². The minimum atomic E-state index is -1.25. The average molecular weight is 527 g/mol. The van der Waals surface area contributed by atoms with Crippen LogP contribution in [0.4, 0.5) is 0 Å². The van der Waals surface area contributed by atoms with Crippen LogP contribution in [0.5, 0.6) is 5.75 Å². The Labute approximate surface area is 223 Å². The first-order chi connectivity index (χ1) is 18.5. The predicted molar refractivity (Wildman–Crippen MR) is 147 cm³/mol. The lowest BCUT2D eigenvalue weighted by Crippen LogP contribution is -2.48. The van der Waals surface area contributed by atoms with Crippen LogP contribution in [0.1, 0.15) is 27.9 Å². The number of rotatable bonds is 10. The highest BCUT2D eigenvalue weighted by Crippen LogP contribution is 2.32. The lowest BCUT2D eigenvalue weighted by atomic mass is 10.0. The number of aliphatic carboxylic acids is 1. The Morgan fingerprint density at radius 2 is 1.66 bits per heavy atom. The minimum absolute atomic E-state index is 0.173. The number of hydrogen-bond donors (Lipinski definition) is 2. The Balaban J connectivity index is 1.38. The standard InChI is InChI=1S/C30H26N2O5S/c1-19(36-17-20-9-3-2-4-10-20)27(30(34)35)32-29(33)23-16-15-21-11-5-6-12-22(21)28(23)37-18-26-31-24-13-7-8-14-25(24)38-26/h2-16,19,27H,17-18H2,1H3,(H,32,33)(H,34,35). The summed E-state index contributed by atoms with van der Waals surface area (Å²) in [5.74, 6) is -1.36. The van der Waals surface area contributed by atoms with Crippen molar-refractivity contribution in [2.24, 2.45) is 0 Å². The quantitative estimate of drug-likeness (QED) is 0.238. The van der Waals surface area contributed by atoms with Crippen LogP contribution in [-0.2, 0) is 22.7 Å². The van der Waals surface area contributed by atoms with Crippen LogP contribution in [0.3, 0.4) is 0 Å². The number of carbonyl (C=O) groups excluding carboxylic acids is 1. The van der Waals surface area contributed by atoms with Crippen molar-refractivity contribution in [2.45, 2.75) is 32.3 Å². The van der Waals surface area contributed by atoms with Crippen molar-refractivity contribution in [2.75, 3.05) is 0 Å². The molecule has 1 heterocycles. The molecule has 7 nitrogen and oxygen atoms in total. The van der Waals surface area contributed by atoms with E-state index in [2.05, 4.69) is 10.3 Å². The van der Waals surface area contributed by atoms with Gasteiger partial charge in [-0.2, -0.15) is 0 Å². The Morgan fingerprint density at radius 1 is 0.921 bits per heavy atom. The number of benzene rings is 4. The molecular formula is C30H26N2O5S. The van der Waals surface area contributed by atoms with Crippen molar-refractivity contribution in [3.63, 3.8) is 0 Å². The van der Waals surface area contributed by atoms with Crippen molar-refractivity contribution in [3.8, 4) is 5.75 Å². The molecule has 0 saturated heterocycles. The van der Waals surface area contributed by atoms with Gasteiger partial charge in [-0.25, -0.2) is 9.78 Å². The summed E-state index contributed by atoms with van der Waals surface area (Å²) in [7, 11) is 0. The van der Waals surface area contributed by atoms with Gasteiger partial charge in [0.2, 0.25) is 0 Å². The second-order valence-electron chi connectivity index (χ2n) is 8.82. The lowest BCUT2D eigenvalue weighted by molar-refractivity contribution is -0.143. The monoisotopic (exact) mass is 526 g/mol. The average Bonchev–Trinajstić information content (AvgIpc) is 3.36. The van der Waals surface area contributed by atoms with Crippen LogP contribution in [0.15, 0.2) is 91.0 Å². The van der Waals surface area contributed by atoms with E-state index < -0.39 is 24.0 Å². The number of nitrogens with one attached hydrogen (secondary N) is 1. The van der Waals surface area contributed by atoms with Crippen LogP contribution in [0, 0.1) is 0 Å². The van der Waals surface area contributed by atoms with Crippen molar-refractivity contribution >= 4 is 44.2 Å². The van der Waals surface area contributed by atoms with Gasteiger partial charge in [-0.15, -0.1) is 11.3 Å². The number of thiazole rings is 1. The topological polar surface area (TPSA) is 97.8 Å². The van der Waals surface area contributed by atoms with Crippen LogP contribution < -0.4 is 10.1 Å². The molecule has 8 heteroatoms. The number of carbonyl (C=O) groups is 2. The normalized spacial score (nSPS) is 12.8. The number of hydrogen-bond acceptors (Lipinski definition) is 6. The molecule has 0 aliphatic heterocycles. The van der Waals surface area contributed by atoms with E-state index in [-0.39, 0.29) is 18.8 Å². The molecule has 2 unspecified atom stereocenters. The number of nitrogens with zero attached hydrogens (tertiary/aromatic N) is 1. The summed E-state index contributed by atoms with van der Waals surface area (Å²) in [4.78, 5) is 30.1. The van der Waals surface area contributed by atoms with Crippen molar-refractivity contribution in [1.82, 2.24) is 10.3 Å². The molecule has 1 aromatic heterocycles. The van der Waals surface area contributed by atoms with E-state index in [1.54, 1.807) is 13.0 Å². The molecule has 0 spiro atoms. The van der Waals surface area contributed by atoms with E-state index in [0.717, 1.165) is 31.6 Å². The summed E-state index contributed by atoms with van der Waals surface area (Å²) in [6.07, 6.45) is -0.774. The highest BCUT2D eigenvalue weighted by atomic mass is 32.1. The highest BCUT2D eigenvalue weighted by Gasteiger charge is 2.29. The van der Waals surface area contributed by atoms with Crippen molar-refractivity contribution in [3.05, 3.63) is 107 Å². The fourth-order valence-corrected chi connectivity index (χ4v) is 5.07. The first-order valence-electron chi connectivity index (χ1n) is 12.2. The zero-order chi connectivity index (χ0) is 26.5. The molecule has 2 atom stereocenters. The number of carboxylic acid groups (broad SMARTS) is 1. The summed E-state index contributed by atoms with van der Waals surface area (Å²) in [5.41, 5.74) is 2.04. The summed E-state index contributed by atoms with van der Waals surface area (Å²) in [6, 6.07) is 27.1. The predicted octanol–water partition coefficient (Wildman–Crippen LogP) is 5.82. The molecule has 192 valence electrons. The second-order valence-corrected chi connectivity index (χ2v) is 9.93. The maximum atomic E-state index is 13.4. The van der Waals surface area contributed by atoms with Gasteiger partial charge < -0.3 is 19.9 Å². The first kappa shape index (κ1) is 25.4. The van der Waals surface area contributed by atoms with Gasteiger partial charge in [-0.1, -0.05) is 72.8 Å². The Hall–Kier alpha value is -4.27. The van der Waals surface area contributed by atoms with E-state index in [1.807, 2.05) is 84.9 Å². The van der Waals surface area contributed by atoms with Gasteiger partial charge in [0.05, 0.1) is 28.5 Å². The van der Waals surface area contributed by atoms with E-state index in [4.69, 9.17) is 9.47 Å².